The van der Waals surface area contributed by atoms with Gasteiger partial charge in [-0.15, -0.1) is 0 Å². The number of ether oxygens (including phenoxy) is 2. The third-order valence-corrected chi connectivity index (χ3v) is 6.19. The van der Waals surface area contributed by atoms with Crippen LogP contribution in [0, 0.1) is 5.92 Å². The van der Waals surface area contributed by atoms with Crippen LogP contribution in [0.15, 0.2) is 48.5 Å². The highest BCUT2D eigenvalue weighted by molar-refractivity contribution is 6.31. The number of carbonyl (C=O) groups is 2. The highest BCUT2D eigenvalue weighted by atomic mass is 35.5. The van der Waals surface area contributed by atoms with Crippen LogP contribution in [0.3, 0.4) is 0 Å². The van der Waals surface area contributed by atoms with Gasteiger partial charge in [0.25, 0.3) is 0 Å². The van der Waals surface area contributed by atoms with Gasteiger partial charge in [-0.2, -0.15) is 0 Å². The van der Waals surface area contributed by atoms with Gasteiger partial charge in [0.05, 0.1) is 13.0 Å². The van der Waals surface area contributed by atoms with Crippen LogP contribution in [-0.2, 0) is 20.7 Å². The summed E-state index contributed by atoms with van der Waals surface area (Å²) in [7, 11) is 1.38. The standard InChI is InChI=1S/C23H25ClN2O4/c1-29-23(28)21(18-7-3-4-8-19(18)24)25-10-12-26(13-11-25)22(27)17-14-16-6-2-5-9-20(16)30-15-17/h2-9,17,21H,10-15H2,1H3. The first kappa shape index (κ1) is 20.7. The van der Waals surface area contributed by atoms with Crippen LogP contribution in [0.2, 0.25) is 5.02 Å². The summed E-state index contributed by atoms with van der Waals surface area (Å²) in [5, 5.41) is 0.532. The molecule has 0 aliphatic carbocycles. The zero-order chi connectivity index (χ0) is 21.1. The topological polar surface area (TPSA) is 59.1 Å². The van der Waals surface area contributed by atoms with Gasteiger partial charge in [-0.3, -0.25) is 9.69 Å². The lowest BCUT2D eigenvalue weighted by Crippen LogP contribution is -2.53. The Kier molecular flexibility index (Phi) is 6.25. The molecule has 6 nitrogen and oxygen atoms in total. The molecule has 0 spiro atoms. The van der Waals surface area contributed by atoms with Crippen molar-refractivity contribution in [3.8, 4) is 5.75 Å². The fraction of sp³-hybridized carbons (Fsp3) is 0.391. The molecule has 2 aliphatic heterocycles. The van der Waals surface area contributed by atoms with E-state index in [1.54, 1.807) is 6.07 Å². The van der Waals surface area contributed by atoms with E-state index in [0.29, 0.717) is 44.2 Å². The summed E-state index contributed by atoms with van der Waals surface area (Å²) in [4.78, 5) is 29.5. The van der Waals surface area contributed by atoms with Crippen LogP contribution in [0.4, 0.5) is 0 Å². The smallest absolute Gasteiger partial charge is 0.327 e. The van der Waals surface area contributed by atoms with E-state index in [4.69, 9.17) is 21.1 Å². The summed E-state index contributed by atoms with van der Waals surface area (Å²) in [6.45, 7) is 2.64. The van der Waals surface area contributed by atoms with Crippen molar-refractivity contribution >= 4 is 23.5 Å². The minimum Gasteiger partial charge on any atom is -0.492 e. The fourth-order valence-electron chi connectivity index (χ4n) is 4.23. The van der Waals surface area contributed by atoms with Gasteiger partial charge < -0.3 is 14.4 Å². The second kappa shape index (κ2) is 9.06. The number of benzene rings is 2. The summed E-state index contributed by atoms with van der Waals surface area (Å²) >= 11 is 6.35. The zero-order valence-electron chi connectivity index (χ0n) is 16.9. The molecule has 0 saturated carbocycles. The molecule has 7 heteroatoms. The molecule has 1 saturated heterocycles. The SMILES string of the molecule is COC(=O)C(c1ccccc1Cl)N1CCN(C(=O)C2COc3ccccc3C2)CC1. The van der Waals surface area contributed by atoms with Gasteiger partial charge in [0.1, 0.15) is 18.4 Å². The van der Waals surface area contributed by atoms with Crippen LogP contribution >= 0.6 is 11.6 Å². The van der Waals surface area contributed by atoms with Crippen molar-refractivity contribution in [2.75, 3.05) is 39.9 Å². The van der Waals surface area contributed by atoms with E-state index < -0.39 is 6.04 Å². The number of piperazine rings is 1. The Balaban J connectivity index is 1.42. The van der Waals surface area contributed by atoms with Gasteiger partial charge in [-0.1, -0.05) is 48.0 Å². The van der Waals surface area contributed by atoms with Crippen LogP contribution in [-0.4, -0.2) is 61.6 Å². The predicted molar refractivity (Wildman–Crippen MR) is 113 cm³/mol. The molecule has 4 rings (SSSR count). The lowest BCUT2D eigenvalue weighted by atomic mass is 9.95. The summed E-state index contributed by atoms with van der Waals surface area (Å²) < 4.78 is 10.8. The Labute approximate surface area is 181 Å². The summed E-state index contributed by atoms with van der Waals surface area (Å²) in [6, 6.07) is 14.6. The fourth-order valence-corrected chi connectivity index (χ4v) is 4.47. The summed E-state index contributed by atoms with van der Waals surface area (Å²) in [5.41, 5.74) is 1.80. The van der Waals surface area contributed by atoms with Gasteiger partial charge in [-0.05, 0) is 29.7 Å². The number of nitrogens with zero attached hydrogens (tertiary/aromatic N) is 2. The molecular weight excluding hydrogens is 404 g/mol. The largest absolute Gasteiger partial charge is 0.492 e. The molecule has 0 radical (unpaired) electrons. The van der Waals surface area contributed by atoms with Gasteiger partial charge in [-0.25, -0.2) is 4.79 Å². The number of para-hydroxylation sites is 1. The van der Waals surface area contributed by atoms with Crippen molar-refractivity contribution in [3.05, 3.63) is 64.7 Å². The second-order valence-electron chi connectivity index (χ2n) is 7.63. The molecular formula is C23H25ClN2O4. The van der Waals surface area contributed by atoms with E-state index in [0.717, 1.165) is 16.9 Å². The Morgan fingerprint density at radius 2 is 1.77 bits per heavy atom. The normalized spacial score (nSPS) is 20.1. The average molecular weight is 429 g/mol. The van der Waals surface area contributed by atoms with Gasteiger partial charge >= 0.3 is 5.97 Å². The van der Waals surface area contributed by atoms with Gasteiger partial charge in [0, 0.05) is 31.2 Å². The maximum Gasteiger partial charge on any atom is 0.327 e. The molecule has 0 aromatic heterocycles. The summed E-state index contributed by atoms with van der Waals surface area (Å²) in [5.74, 6) is 0.454. The van der Waals surface area contributed by atoms with Crippen LogP contribution in [0.1, 0.15) is 17.2 Å². The quantitative estimate of drug-likeness (QED) is 0.701. The van der Waals surface area contributed by atoms with E-state index >= 15 is 0 Å². The molecule has 2 heterocycles. The number of amides is 1. The number of carbonyl (C=O) groups excluding carboxylic acids is 2. The monoisotopic (exact) mass is 428 g/mol. The van der Waals surface area contributed by atoms with Gasteiger partial charge in [0.15, 0.2) is 0 Å². The van der Waals surface area contributed by atoms with E-state index in [1.807, 2.05) is 52.3 Å². The Morgan fingerprint density at radius 3 is 2.50 bits per heavy atom. The Bertz CT molecular complexity index is 927. The van der Waals surface area contributed by atoms with E-state index in [2.05, 4.69) is 0 Å². The van der Waals surface area contributed by atoms with Crippen molar-refractivity contribution in [1.29, 1.82) is 0 Å². The minimum absolute atomic E-state index is 0.108. The molecule has 30 heavy (non-hydrogen) atoms. The van der Waals surface area contributed by atoms with E-state index in [9.17, 15) is 9.59 Å². The molecule has 2 aromatic carbocycles. The average Bonchev–Trinajstić information content (AvgIpc) is 2.80. The van der Waals surface area contributed by atoms with Crippen molar-refractivity contribution in [3.63, 3.8) is 0 Å². The van der Waals surface area contributed by atoms with E-state index in [-0.39, 0.29) is 17.8 Å². The van der Waals surface area contributed by atoms with Crippen molar-refractivity contribution in [2.24, 2.45) is 5.92 Å². The van der Waals surface area contributed by atoms with Crippen molar-refractivity contribution in [2.45, 2.75) is 12.5 Å². The number of fused-ring (bicyclic) bond motifs is 1. The molecule has 2 unspecified atom stereocenters. The molecule has 2 atom stereocenters. The van der Waals surface area contributed by atoms with Crippen LogP contribution in [0.25, 0.3) is 0 Å². The maximum absolute atomic E-state index is 13.1. The Hall–Kier alpha value is -2.57. The lowest BCUT2D eigenvalue weighted by Gasteiger charge is -2.40. The molecule has 2 aromatic rings. The number of methoxy groups -OCH3 is 1. The van der Waals surface area contributed by atoms with E-state index in [1.165, 1.54) is 7.11 Å². The van der Waals surface area contributed by atoms with Gasteiger partial charge in [0.2, 0.25) is 5.91 Å². The highest BCUT2D eigenvalue weighted by Crippen LogP contribution is 2.31. The van der Waals surface area contributed by atoms with Crippen LogP contribution < -0.4 is 4.74 Å². The number of hydrogen-bond donors (Lipinski definition) is 0. The van der Waals surface area contributed by atoms with Crippen LogP contribution in [0.5, 0.6) is 5.75 Å². The molecule has 158 valence electrons. The number of hydrogen-bond acceptors (Lipinski definition) is 5. The van der Waals surface area contributed by atoms with Crippen molar-refractivity contribution in [1.82, 2.24) is 9.80 Å². The first-order chi connectivity index (χ1) is 14.6. The highest BCUT2D eigenvalue weighted by Gasteiger charge is 2.36. The third-order valence-electron chi connectivity index (χ3n) is 5.84. The zero-order valence-corrected chi connectivity index (χ0v) is 17.7. The third kappa shape index (κ3) is 4.16. The first-order valence-electron chi connectivity index (χ1n) is 10.1. The molecule has 1 fully saturated rings. The Morgan fingerprint density at radius 1 is 1.07 bits per heavy atom. The molecule has 0 N–H and O–H groups in total. The minimum atomic E-state index is -0.578. The molecule has 0 bridgehead atoms. The number of halogens is 1. The lowest BCUT2D eigenvalue weighted by molar-refractivity contribution is -0.149. The number of esters is 1. The number of rotatable bonds is 4. The predicted octanol–water partition coefficient (Wildman–Crippen LogP) is 2.95. The first-order valence-corrected chi connectivity index (χ1v) is 10.5. The molecule has 2 aliphatic rings. The molecule has 1 amide bonds. The summed E-state index contributed by atoms with van der Waals surface area (Å²) in [6.07, 6.45) is 0.694. The second-order valence-corrected chi connectivity index (χ2v) is 8.04. The van der Waals surface area contributed by atoms with Crippen molar-refractivity contribution < 1.29 is 19.1 Å². The maximum atomic E-state index is 13.1.